The molecule has 2 saturated heterocycles. The van der Waals surface area contributed by atoms with E-state index in [2.05, 4.69) is 0 Å². The molecular formula is C22H28F3N3O5S3. The van der Waals surface area contributed by atoms with Crippen LogP contribution in [-0.4, -0.2) is 94.1 Å². The van der Waals surface area contributed by atoms with Gasteiger partial charge in [-0.1, -0.05) is 18.2 Å². The number of hydrogen-bond acceptors (Lipinski definition) is 8. The fourth-order valence-corrected chi connectivity index (χ4v) is 8.34. The van der Waals surface area contributed by atoms with E-state index in [1.165, 1.54) is 28.6 Å². The van der Waals surface area contributed by atoms with Gasteiger partial charge in [-0.05, 0) is 36.1 Å². The number of hydrogen-bond donors (Lipinski definition) is 1. The molecule has 0 saturated carbocycles. The molecule has 0 radical (unpaired) electrons. The highest BCUT2D eigenvalue weighted by Gasteiger charge is 2.51. The lowest BCUT2D eigenvalue weighted by molar-refractivity contribution is -0.258. The number of halogens is 3. The van der Waals surface area contributed by atoms with Gasteiger partial charge in [-0.2, -0.15) is 17.5 Å². The van der Waals surface area contributed by atoms with Crippen molar-refractivity contribution >= 4 is 36.9 Å². The first-order chi connectivity index (χ1) is 16.7. The summed E-state index contributed by atoms with van der Waals surface area (Å²) in [6.45, 7) is 2.39. The van der Waals surface area contributed by atoms with Crippen molar-refractivity contribution in [3.05, 3.63) is 47.3 Å². The van der Waals surface area contributed by atoms with Crippen molar-refractivity contribution in [3.8, 4) is 0 Å². The molecule has 2 aliphatic rings. The van der Waals surface area contributed by atoms with Crippen molar-refractivity contribution in [2.24, 2.45) is 0 Å². The Hall–Kier alpha value is -1.71. The summed E-state index contributed by atoms with van der Waals surface area (Å²) in [6, 6.07) is 8.28. The molecule has 0 aliphatic carbocycles. The Labute approximate surface area is 212 Å². The minimum absolute atomic E-state index is 0.0259. The van der Waals surface area contributed by atoms with Gasteiger partial charge in [0.2, 0.25) is 0 Å². The molecule has 200 valence electrons. The molecule has 1 N–H and O–H groups in total. The molecule has 2 atom stereocenters. The first-order valence-electron chi connectivity index (χ1n) is 11.3. The number of sulfonamides is 1. The van der Waals surface area contributed by atoms with Crippen LogP contribution in [0.15, 0.2) is 46.0 Å². The predicted octanol–water partition coefficient (Wildman–Crippen LogP) is 2.13. The van der Waals surface area contributed by atoms with Gasteiger partial charge in [0.1, 0.15) is 4.21 Å². The van der Waals surface area contributed by atoms with Crippen LogP contribution in [0.1, 0.15) is 12.5 Å². The lowest BCUT2D eigenvalue weighted by Gasteiger charge is -2.44. The summed E-state index contributed by atoms with van der Waals surface area (Å²) < 4.78 is 91.4. The number of thiophene rings is 1. The topological polar surface area (TPSA) is 98.2 Å². The number of benzene rings is 1. The molecule has 14 heteroatoms. The smallest absolute Gasteiger partial charge is 0.376 e. The molecule has 3 heterocycles. The van der Waals surface area contributed by atoms with Crippen LogP contribution < -0.4 is 4.90 Å². The predicted molar refractivity (Wildman–Crippen MR) is 131 cm³/mol. The molecule has 2 aliphatic heterocycles. The van der Waals surface area contributed by atoms with E-state index < -0.39 is 31.6 Å². The van der Waals surface area contributed by atoms with Crippen LogP contribution in [0.4, 0.5) is 18.9 Å². The Morgan fingerprint density at radius 2 is 1.69 bits per heavy atom. The number of aliphatic hydroxyl groups is 1. The minimum atomic E-state index is -4.84. The van der Waals surface area contributed by atoms with Crippen LogP contribution in [-0.2, 0) is 25.5 Å². The third-order valence-electron chi connectivity index (χ3n) is 6.75. The van der Waals surface area contributed by atoms with Crippen molar-refractivity contribution in [2.45, 2.75) is 29.0 Å². The second kappa shape index (κ2) is 9.87. The maximum absolute atomic E-state index is 13.3. The molecule has 1 aromatic heterocycles. The molecule has 0 amide bonds. The van der Waals surface area contributed by atoms with Crippen LogP contribution in [0.2, 0.25) is 0 Å². The van der Waals surface area contributed by atoms with Gasteiger partial charge in [0.05, 0.1) is 17.5 Å². The van der Waals surface area contributed by atoms with E-state index in [0.29, 0.717) is 38.8 Å². The normalized spacial score (nSPS) is 23.9. The molecule has 4 rings (SSSR count). The zero-order valence-electron chi connectivity index (χ0n) is 19.6. The zero-order chi connectivity index (χ0) is 26.4. The first-order valence-corrected chi connectivity index (χ1v) is 15.5. The van der Waals surface area contributed by atoms with Gasteiger partial charge in [0, 0.05) is 45.0 Å². The summed E-state index contributed by atoms with van der Waals surface area (Å²) >= 11 is 1.13. The standard InChI is InChI=1S/C22H28F3N3O5S3/c1-21(29,22(23,24)25)17-4-6-18(7-5-17)28-9-8-27(36(32,33)20-3-2-12-34-20)16-19(28)15-26-10-13-35(30,31)14-11-26/h2-7,12,19,29H,8-11,13-16H2,1H3/t19-,21+/m0/s1. The van der Waals surface area contributed by atoms with Crippen LogP contribution in [0.5, 0.6) is 0 Å². The molecule has 36 heavy (non-hydrogen) atoms. The van der Waals surface area contributed by atoms with Gasteiger partial charge in [0.15, 0.2) is 15.4 Å². The lowest BCUT2D eigenvalue weighted by atomic mass is 9.95. The van der Waals surface area contributed by atoms with E-state index in [1.807, 2.05) is 9.80 Å². The molecule has 0 spiro atoms. The number of piperazine rings is 1. The van der Waals surface area contributed by atoms with E-state index >= 15 is 0 Å². The Bertz CT molecular complexity index is 1250. The van der Waals surface area contributed by atoms with Crippen molar-refractivity contribution in [2.75, 3.05) is 55.7 Å². The third-order valence-corrected chi connectivity index (χ3v) is 11.6. The van der Waals surface area contributed by atoms with Crippen molar-refractivity contribution in [1.82, 2.24) is 9.21 Å². The van der Waals surface area contributed by atoms with E-state index in [4.69, 9.17) is 0 Å². The van der Waals surface area contributed by atoms with Crippen LogP contribution in [0.25, 0.3) is 0 Å². The summed E-state index contributed by atoms with van der Waals surface area (Å²) in [5, 5.41) is 11.7. The Balaban J connectivity index is 1.59. The maximum Gasteiger partial charge on any atom is 0.421 e. The molecule has 2 fully saturated rings. The Kier molecular flexibility index (Phi) is 7.50. The summed E-state index contributed by atoms with van der Waals surface area (Å²) in [4.78, 5) is 3.92. The minimum Gasteiger partial charge on any atom is -0.376 e. The fourth-order valence-electron chi connectivity index (χ4n) is 4.45. The Morgan fingerprint density at radius 3 is 2.25 bits per heavy atom. The fraction of sp³-hybridized carbons (Fsp3) is 0.545. The van der Waals surface area contributed by atoms with Gasteiger partial charge in [-0.15, -0.1) is 11.3 Å². The zero-order valence-corrected chi connectivity index (χ0v) is 22.0. The number of alkyl halides is 3. The van der Waals surface area contributed by atoms with E-state index in [-0.39, 0.29) is 40.4 Å². The number of sulfone groups is 1. The molecule has 0 bridgehead atoms. The number of rotatable bonds is 6. The second-order valence-corrected chi connectivity index (χ2v) is 14.6. The second-order valence-electron chi connectivity index (χ2n) is 9.21. The van der Waals surface area contributed by atoms with Crippen molar-refractivity contribution in [1.29, 1.82) is 0 Å². The Morgan fingerprint density at radius 1 is 1.06 bits per heavy atom. The van der Waals surface area contributed by atoms with Gasteiger partial charge >= 0.3 is 6.18 Å². The van der Waals surface area contributed by atoms with Gasteiger partial charge in [-0.3, -0.25) is 4.90 Å². The summed E-state index contributed by atoms with van der Waals surface area (Å²) in [6.07, 6.45) is -4.84. The van der Waals surface area contributed by atoms with E-state index in [1.54, 1.807) is 17.5 Å². The van der Waals surface area contributed by atoms with Gasteiger partial charge < -0.3 is 10.0 Å². The summed E-state index contributed by atoms with van der Waals surface area (Å²) in [7, 11) is -6.80. The molecular weight excluding hydrogens is 539 g/mol. The highest BCUT2D eigenvalue weighted by molar-refractivity contribution is 7.91. The molecule has 2 aromatic rings. The maximum atomic E-state index is 13.3. The molecule has 0 unspecified atom stereocenters. The van der Waals surface area contributed by atoms with Crippen molar-refractivity contribution < 1.29 is 35.1 Å². The van der Waals surface area contributed by atoms with Gasteiger partial charge in [-0.25, -0.2) is 16.8 Å². The number of anilines is 1. The van der Waals surface area contributed by atoms with Crippen LogP contribution >= 0.6 is 11.3 Å². The number of nitrogens with zero attached hydrogens (tertiary/aromatic N) is 3. The van der Waals surface area contributed by atoms with E-state index in [9.17, 15) is 35.1 Å². The van der Waals surface area contributed by atoms with Crippen LogP contribution in [0, 0.1) is 0 Å². The largest absolute Gasteiger partial charge is 0.421 e. The van der Waals surface area contributed by atoms with Crippen molar-refractivity contribution in [3.63, 3.8) is 0 Å². The van der Waals surface area contributed by atoms with Gasteiger partial charge in [0.25, 0.3) is 10.0 Å². The monoisotopic (exact) mass is 567 g/mol. The first kappa shape index (κ1) is 27.3. The third kappa shape index (κ3) is 5.58. The van der Waals surface area contributed by atoms with E-state index in [0.717, 1.165) is 11.3 Å². The lowest BCUT2D eigenvalue weighted by Crippen LogP contribution is -2.59. The quantitative estimate of drug-likeness (QED) is 0.571. The average molecular weight is 568 g/mol. The average Bonchev–Trinajstić information content (AvgIpc) is 3.36. The summed E-state index contributed by atoms with van der Waals surface area (Å²) in [5.74, 6) is 0.0519. The van der Waals surface area contributed by atoms with Crippen LogP contribution in [0.3, 0.4) is 0 Å². The summed E-state index contributed by atoms with van der Waals surface area (Å²) in [5.41, 5.74) is -2.70. The molecule has 1 aromatic carbocycles. The highest BCUT2D eigenvalue weighted by atomic mass is 32.2. The SMILES string of the molecule is C[C@@](O)(c1ccc(N2CCN(S(=O)(=O)c3cccs3)C[C@@H]2CN2CCS(=O)(=O)CC2)cc1)C(F)(F)F. The highest BCUT2D eigenvalue weighted by Crippen LogP contribution is 2.39. The molecule has 8 nitrogen and oxygen atoms in total.